The molecule has 0 saturated carbocycles. The molecule has 0 aliphatic carbocycles. The molecule has 1 nitrogen and oxygen atoms in total. The normalized spacial score (nSPS) is 11.6. The maximum Gasteiger partial charge on any atom is 0.0166 e. The highest BCUT2D eigenvalue weighted by Gasteiger charge is 2.01. The van der Waals surface area contributed by atoms with Crippen LogP contribution in [0.1, 0.15) is 57.9 Å². The van der Waals surface area contributed by atoms with Gasteiger partial charge in [-0.3, -0.25) is 4.90 Å². The van der Waals surface area contributed by atoms with Gasteiger partial charge in [0.2, 0.25) is 0 Å². The molecule has 0 fully saturated rings. The summed E-state index contributed by atoms with van der Waals surface area (Å²) in [5.41, 5.74) is 1.30. The summed E-state index contributed by atoms with van der Waals surface area (Å²) in [4.78, 5) is 2.60. The van der Waals surface area contributed by atoms with Crippen LogP contribution >= 0.6 is 0 Å². The lowest BCUT2D eigenvalue weighted by atomic mass is 10.2. The van der Waals surface area contributed by atoms with Gasteiger partial charge in [0.15, 0.2) is 0 Å². The molecule has 1 aromatic rings. The molecule has 0 bridgehead atoms. The van der Waals surface area contributed by atoms with Crippen molar-refractivity contribution in [2.75, 3.05) is 19.6 Å². The third kappa shape index (κ3) is 8.16. The molecule has 0 saturated heterocycles. The Morgan fingerprint density at radius 2 is 1.45 bits per heavy atom. The van der Waals surface area contributed by atoms with Crippen LogP contribution in [0.5, 0.6) is 0 Å². The Hall–Kier alpha value is -1.08. The Kier molecular flexibility index (Phi) is 9.95. The lowest BCUT2D eigenvalue weighted by Gasteiger charge is -2.20. The molecule has 112 valence electrons. The van der Waals surface area contributed by atoms with Gasteiger partial charge in [-0.1, -0.05) is 82.0 Å². The van der Waals surface area contributed by atoms with E-state index in [-0.39, 0.29) is 0 Å². The Labute approximate surface area is 125 Å². The summed E-state index contributed by atoms with van der Waals surface area (Å²) in [6, 6.07) is 10.6. The van der Waals surface area contributed by atoms with Crippen molar-refractivity contribution in [2.24, 2.45) is 0 Å². The van der Waals surface area contributed by atoms with Gasteiger partial charge in [0.25, 0.3) is 0 Å². The van der Waals surface area contributed by atoms with E-state index in [1.54, 1.807) is 0 Å². The Balaban J connectivity index is 2.35. The minimum Gasteiger partial charge on any atom is -0.300 e. The lowest BCUT2D eigenvalue weighted by molar-refractivity contribution is 0.289. The molecule has 0 atom stereocenters. The highest BCUT2D eigenvalue weighted by molar-refractivity contribution is 5.48. The number of unbranched alkanes of at least 4 members (excludes halogenated alkanes) is 4. The molecule has 0 heterocycles. The van der Waals surface area contributed by atoms with Gasteiger partial charge in [0.1, 0.15) is 0 Å². The van der Waals surface area contributed by atoms with E-state index in [1.165, 1.54) is 57.2 Å². The van der Waals surface area contributed by atoms with Crippen molar-refractivity contribution in [2.45, 2.75) is 52.4 Å². The third-order valence-electron chi connectivity index (χ3n) is 3.63. The smallest absolute Gasteiger partial charge is 0.0166 e. The largest absolute Gasteiger partial charge is 0.300 e. The zero-order valence-electron chi connectivity index (χ0n) is 13.4. The summed E-state index contributed by atoms with van der Waals surface area (Å²) in [6.07, 6.45) is 12.5. The standard InChI is InChI=1S/C19H31N/c1-3-5-10-16-20(17-11-6-4-2)18-12-15-19-13-8-7-9-14-19/h7-9,12-15H,3-6,10-11,16-18H2,1-2H3. The maximum absolute atomic E-state index is 2.60. The maximum atomic E-state index is 2.60. The average Bonchev–Trinajstić information content (AvgIpc) is 2.48. The lowest BCUT2D eigenvalue weighted by Crippen LogP contribution is -2.26. The van der Waals surface area contributed by atoms with Crippen LogP contribution < -0.4 is 0 Å². The highest BCUT2D eigenvalue weighted by atomic mass is 15.1. The van der Waals surface area contributed by atoms with E-state index in [2.05, 4.69) is 61.2 Å². The fourth-order valence-corrected chi connectivity index (χ4v) is 2.37. The third-order valence-corrected chi connectivity index (χ3v) is 3.63. The first-order valence-electron chi connectivity index (χ1n) is 8.30. The number of benzene rings is 1. The molecule has 0 aliphatic rings. The molecule has 1 aromatic carbocycles. The molecule has 1 rings (SSSR count). The van der Waals surface area contributed by atoms with Crippen LogP contribution in [0.3, 0.4) is 0 Å². The molecule has 0 aromatic heterocycles. The molecule has 1 heteroatoms. The zero-order valence-corrected chi connectivity index (χ0v) is 13.4. The molecule has 0 aliphatic heterocycles. The number of rotatable bonds is 11. The molecule has 0 spiro atoms. The van der Waals surface area contributed by atoms with Crippen molar-refractivity contribution < 1.29 is 0 Å². The summed E-state index contributed by atoms with van der Waals surface area (Å²) in [6.45, 7) is 8.13. The van der Waals surface area contributed by atoms with E-state index in [4.69, 9.17) is 0 Å². The minimum absolute atomic E-state index is 1.09. The second-order valence-corrected chi connectivity index (χ2v) is 5.53. The Morgan fingerprint density at radius 3 is 2.00 bits per heavy atom. The predicted octanol–water partition coefficient (Wildman–Crippen LogP) is 5.38. The van der Waals surface area contributed by atoms with Crippen molar-refractivity contribution in [1.29, 1.82) is 0 Å². The quantitative estimate of drug-likeness (QED) is 0.489. The van der Waals surface area contributed by atoms with E-state index in [9.17, 15) is 0 Å². The van der Waals surface area contributed by atoms with E-state index < -0.39 is 0 Å². The van der Waals surface area contributed by atoms with E-state index in [0.717, 1.165) is 6.54 Å². The highest BCUT2D eigenvalue weighted by Crippen LogP contribution is 2.05. The first-order chi connectivity index (χ1) is 9.86. The van der Waals surface area contributed by atoms with Gasteiger partial charge in [-0.25, -0.2) is 0 Å². The van der Waals surface area contributed by atoms with E-state index >= 15 is 0 Å². The van der Waals surface area contributed by atoms with Crippen molar-refractivity contribution in [3.05, 3.63) is 42.0 Å². The van der Waals surface area contributed by atoms with Crippen molar-refractivity contribution in [1.82, 2.24) is 4.90 Å². The van der Waals surface area contributed by atoms with Crippen LogP contribution in [0.25, 0.3) is 6.08 Å². The fourth-order valence-electron chi connectivity index (χ4n) is 2.37. The second-order valence-electron chi connectivity index (χ2n) is 5.53. The van der Waals surface area contributed by atoms with Gasteiger partial charge in [-0.2, -0.15) is 0 Å². The molecular weight excluding hydrogens is 242 g/mol. The first-order valence-corrected chi connectivity index (χ1v) is 8.30. The average molecular weight is 273 g/mol. The van der Waals surface area contributed by atoms with Gasteiger partial charge < -0.3 is 0 Å². The van der Waals surface area contributed by atoms with Gasteiger partial charge in [-0.05, 0) is 31.5 Å². The van der Waals surface area contributed by atoms with Crippen molar-refractivity contribution in [3.63, 3.8) is 0 Å². The van der Waals surface area contributed by atoms with Crippen molar-refractivity contribution >= 4 is 6.08 Å². The van der Waals surface area contributed by atoms with Crippen LogP contribution in [-0.4, -0.2) is 24.5 Å². The first kappa shape index (κ1) is 17.0. The SMILES string of the molecule is CCCCCN(CC=Cc1ccccc1)CCCCC. The summed E-state index contributed by atoms with van der Waals surface area (Å²) in [5.74, 6) is 0. The topological polar surface area (TPSA) is 3.24 Å². The molecule has 0 unspecified atom stereocenters. The molecule has 0 N–H and O–H groups in total. The minimum atomic E-state index is 1.09. The number of hydrogen-bond donors (Lipinski definition) is 0. The van der Waals surface area contributed by atoms with Crippen LogP contribution in [0, 0.1) is 0 Å². The molecule has 0 radical (unpaired) electrons. The van der Waals surface area contributed by atoms with Crippen LogP contribution in [-0.2, 0) is 0 Å². The number of hydrogen-bond acceptors (Lipinski definition) is 1. The summed E-state index contributed by atoms with van der Waals surface area (Å²) >= 11 is 0. The fraction of sp³-hybridized carbons (Fsp3) is 0.579. The van der Waals surface area contributed by atoms with Crippen LogP contribution in [0.2, 0.25) is 0 Å². The zero-order chi connectivity index (χ0) is 14.5. The van der Waals surface area contributed by atoms with Gasteiger partial charge >= 0.3 is 0 Å². The van der Waals surface area contributed by atoms with Crippen LogP contribution in [0.4, 0.5) is 0 Å². The van der Waals surface area contributed by atoms with Crippen LogP contribution in [0.15, 0.2) is 36.4 Å². The molecule has 20 heavy (non-hydrogen) atoms. The Morgan fingerprint density at radius 1 is 0.850 bits per heavy atom. The van der Waals surface area contributed by atoms with Gasteiger partial charge in [0.05, 0.1) is 0 Å². The summed E-state index contributed by atoms with van der Waals surface area (Å²) < 4.78 is 0. The summed E-state index contributed by atoms with van der Waals surface area (Å²) in [5, 5.41) is 0. The van der Waals surface area contributed by atoms with E-state index in [1.807, 2.05) is 0 Å². The Bertz CT molecular complexity index is 332. The van der Waals surface area contributed by atoms with Gasteiger partial charge in [-0.15, -0.1) is 0 Å². The molecule has 0 amide bonds. The number of nitrogens with zero attached hydrogens (tertiary/aromatic N) is 1. The van der Waals surface area contributed by atoms with Crippen molar-refractivity contribution in [3.8, 4) is 0 Å². The summed E-state index contributed by atoms with van der Waals surface area (Å²) in [7, 11) is 0. The van der Waals surface area contributed by atoms with Gasteiger partial charge in [0, 0.05) is 6.54 Å². The van der Waals surface area contributed by atoms with E-state index in [0.29, 0.717) is 0 Å². The monoisotopic (exact) mass is 273 g/mol. The molecular formula is C19H31N. The second kappa shape index (κ2) is 11.7. The predicted molar refractivity (Wildman–Crippen MR) is 91.0 cm³/mol.